The van der Waals surface area contributed by atoms with E-state index in [1.54, 1.807) is 6.07 Å². The Morgan fingerprint density at radius 2 is 2.36 bits per heavy atom. The third-order valence-corrected chi connectivity index (χ3v) is 3.51. The summed E-state index contributed by atoms with van der Waals surface area (Å²) in [6.45, 7) is 0. The van der Waals surface area contributed by atoms with Crippen LogP contribution in [0.15, 0.2) is 16.6 Å². The van der Waals surface area contributed by atoms with Crippen molar-refractivity contribution in [1.29, 1.82) is 5.26 Å². The lowest BCUT2D eigenvalue weighted by Crippen LogP contribution is -1.77. The van der Waals surface area contributed by atoms with E-state index in [0.29, 0.717) is 11.4 Å². The minimum absolute atomic E-state index is 0.351. The number of fused-ring (bicyclic) bond motifs is 1. The Bertz CT molecular complexity index is 529. The third-order valence-electron chi connectivity index (χ3n) is 1.69. The Hall–Kier alpha value is -0.630. The molecule has 0 bridgehead atoms. The van der Waals surface area contributed by atoms with Crippen LogP contribution in [-0.4, -0.2) is 4.98 Å². The zero-order valence-electron chi connectivity index (χ0n) is 6.92. The molecule has 1 heterocycles. The maximum absolute atomic E-state index is 8.55. The van der Waals surface area contributed by atoms with Gasteiger partial charge >= 0.3 is 0 Å². The van der Waals surface area contributed by atoms with Crippen molar-refractivity contribution in [3.05, 3.63) is 26.6 Å². The lowest BCUT2D eigenvalue weighted by molar-refractivity contribution is 1.21. The van der Waals surface area contributed by atoms with Crippen LogP contribution in [-0.2, 0) is 6.42 Å². The Morgan fingerprint density at radius 3 is 3.07 bits per heavy atom. The average molecular weight is 288 g/mol. The number of nitriles is 1. The summed E-state index contributed by atoms with van der Waals surface area (Å²) in [5.41, 5.74) is 0.879. The smallest absolute Gasteiger partial charge is 0.108 e. The summed E-state index contributed by atoms with van der Waals surface area (Å²) in [5, 5.41) is 10.0. The van der Waals surface area contributed by atoms with E-state index >= 15 is 0 Å². The summed E-state index contributed by atoms with van der Waals surface area (Å²) >= 11 is 10.8. The number of nitrogens with zero attached hydrogens (tertiary/aromatic N) is 2. The van der Waals surface area contributed by atoms with Crippen molar-refractivity contribution in [2.75, 3.05) is 0 Å². The molecule has 0 saturated heterocycles. The molecule has 0 N–H and O–H groups in total. The molecular formula is C9H4BrClN2S. The molecule has 1 aromatic heterocycles. The van der Waals surface area contributed by atoms with E-state index in [0.717, 1.165) is 19.7 Å². The first-order chi connectivity index (χ1) is 6.70. The highest BCUT2D eigenvalue weighted by molar-refractivity contribution is 9.10. The number of rotatable bonds is 1. The van der Waals surface area contributed by atoms with Crippen molar-refractivity contribution < 1.29 is 0 Å². The van der Waals surface area contributed by atoms with Crippen LogP contribution >= 0.6 is 38.9 Å². The molecule has 0 unspecified atom stereocenters. The summed E-state index contributed by atoms with van der Waals surface area (Å²) < 4.78 is 1.88. The topological polar surface area (TPSA) is 36.7 Å². The molecule has 0 radical (unpaired) electrons. The highest BCUT2D eigenvalue weighted by Gasteiger charge is 2.07. The van der Waals surface area contributed by atoms with Gasteiger partial charge in [-0.2, -0.15) is 5.26 Å². The predicted octanol–water partition coefficient (Wildman–Crippen LogP) is 3.78. The fourth-order valence-corrected chi connectivity index (χ4v) is 3.21. The molecule has 0 aliphatic rings. The van der Waals surface area contributed by atoms with Crippen molar-refractivity contribution in [3.8, 4) is 6.07 Å². The van der Waals surface area contributed by atoms with Gasteiger partial charge in [0, 0.05) is 9.50 Å². The number of hydrogen-bond acceptors (Lipinski definition) is 3. The van der Waals surface area contributed by atoms with Crippen LogP contribution in [0.4, 0.5) is 0 Å². The first kappa shape index (κ1) is 9.91. The number of halogens is 2. The largest absolute Gasteiger partial charge is 0.239 e. The molecule has 2 rings (SSSR count). The molecule has 0 fully saturated rings. The Morgan fingerprint density at radius 1 is 1.57 bits per heavy atom. The van der Waals surface area contributed by atoms with Gasteiger partial charge in [0.05, 0.1) is 22.7 Å². The van der Waals surface area contributed by atoms with Gasteiger partial charge in [0.2, 0.25) is 0 Å². The third kappa shape index (κ3) is 1.76. The number of aromatic nitrogens is 1. The second-order valence-electron chi connectivity index (χ2n) is 2.68. The molecule has 0 amide bonds. The Kier molecular flexibility index (Phi) is 2.73. The zero-order chi connectivity index (χ0) is 10.1. The second kappa shape index (κ2) is 3.85. The van der Waals surface area contributed by atoms with Gasteiger partial charge in [-0.05, 0) is 28.1 Å². The maximum atomic E-state index is 8.55. The van der Waals surface area contributed by atoms with E-state index in [4.69, 9.17) is 16.9 Å². The predicted molar refractivity (Wildman–Crippen MR) is 61.6 cm³/mol. The van der Waals surface area contributed by atoms with Crippen molar-refractivity contribution in [2.24, 2.45) is 0 Å². The van der Waals surface area contributed by atoms with Crippen molar-refractivity contribution in [2.45, 2.75) is 6.42 Å². The van der Waals surface area contributed by atoms with Crippen LogP contribution in [0.5, 0.6) is 0 Å². The van der Waals surface area contributed by atoms with Gasteiger partial charge in [0.15, 0.2) is 0 Å². The fourth-order valence-electron chi connectivity index (χ4n) is 1.15. The molecule has 0 atom stereocenters. The van der Waals surface area contributed by atoms with Gasteiger partial charge in [-0.15, -0.1) is 11.3 Å². The highest BCUT2D eigenvalue weighted by Crippen LogP contribution is 2.31. The fraction of sp³-hybridized carbons (Fsp3) is 0.111. The highest BCUT2D eigenvalue weighted by atomic mass is 79.9. The van der Waals surface area contributed by atoms with Crippen molar-refractivity contribution >= 4 is 49.1 Å². The van der Waals surface area contributed by atoms with Crippen LogP contribution in [0, 0.1) is 11.3 Å². The van der Waals surface area contributed by atoms with E-state index < -0.39 is 0 Å². The number of benzene rings is 1. The van der Waals surface area contributed by atoms with Crippen molar-refractivity contribution in [1.82, 2.24) is 4.98 Å². The Balaban J connectivity index is 2.66. The van der Waals surface area contributed by atoms with Gasteiger partial charge in [0.1, 0.15) is 5.01 Å². The maximum Gasteiger partial charge on any atom is 0.108 e. The van der Waals surface area contributed by atoms with Crippen LogP contribution in [0.25, 0.3) is 10.2 Å². The summed E-state index contributed by atoms with van der Waals surface area (Å²) in [6.07, 6.45) is 0.351. The van der Waals surface area contributed by atoms with Gasteiger partial charge in [-0.25, -0.2) is 4.98 Å². The first-order valence-corrected chi connectivity index (χ1v) is 5.81. The second-order valence-corrected chi connectivity index (χ2v) is 5.08. The van der Waals surface area contributed by atoms with Crippen LogP contribution < -0.4 is 0 Å². The molecule has 0 saturated carbocycles. The van der Waals surface area contributed by atoms with Crippen LogP contribution in [0.2, 0.25) is 5.02 Å². The molecule has 1 aromatic carbocycles. The van der Waals surface area contributed by atoms with E-state index in [2.05, 4.69) is 27.0 Å². The molecule has 0 aliphatic heterocycles. The average Bonchev–Trinajstić information content (AvgIpc) is 2.48. The van der Waals surface area contributed by atoms with E-state index in [1.165, 1.54) is 11.3 Å². The van der Waals surface area contributed by atoms with Gasteiger partial charge in [-0.1, -0.05) is 11.6 Å². The molecule has 2 nitrogen and oxygen atoms in total. The molecule has 5 heteroatoms. The summed E-state index contributed by atoms with van der Waals surface area (Å²) in [5.74, 6) is 0. The van der Waals surface area contributed by atoms with Gasteiger partial charge < -0.3 is 0 Å². The SMILES string of the molecule is N#CCc1nc2c(Br)cc(Cl)cc2s1. The molecule has 0 spiro atoms. The van der Waals surface area contributed by atoms with E-state index in [-0.39, 0.29) is 0 Å². The molecule has 2 aromatic rings. The normalized spacial score (nSPS) is 10.4. The lowest BCUT2D eigenvalue weighted by Gasteiger charge is -1.92. The standard InChI is InChI=1S/C9H4BrClN2S/c10-6-3-5(11)4-7-9(6)13-8(14-7)1-2-12/h3-4H,1H2. The summed E-state index contributed by atoms with van der Waals surface area (Å²) in [4.78, 5) is 4.33. The molecule has 14 heavy (non-hydrogen) atoms. The van der Waals surface area contributed by atoms with E-state index in [1.807, 2.05) is 6.07 Å². The molecular weight excluding hydrogens is 284 g/mol. The van der Waals surface area contributed by atoms with Gasteiger partial charge in [0.25, 0.3) is 0 Å². The first-order valence-electron chi connectivity index (χ1n) is 3.82. The summed E-state index contributed by atoms with van der Waals surface area (Å²) in [6, 6.07) is 5.75. The zero-order valence-corrected chi connectivity index (χ0v) is 10.1. The molecule has 0 aliphatic carbocycles. The van der Waals surface area contributed by atoms with Gasteiger partial charge in [-0.3, -0.25) is 0 Å². The van der Waals surface area contributed by atoms with Crippen LogP contribution in [0.1, 0.15) is 5.01 Å². The number of hydrogen-bond donors (Lipinski definition) is 0. The minimum Gasteiger partial charge on any atom is -0.239 e. The molecule has 70 valence electrons. The van der Waals surface area contributed by atoms with E-state index in [9.17, 15) is 0 Å². The minimum atomic E-state index is 0.351. The summed E-state index contributed by atoms with van der Waals surface area (Å²) in [7, 11) is 0. The monoisotopic (exact) mass is 286 g/mol. The quantitative estimate of drug-likeness (QED) is 0.800. The van der Waals surface area contributed by atoms with Crippen LogP contribution in [0.3, 0.4) is 0 Å². The van der Waals surface area contributed by atoms with Crippen molar-refractivity contribution in [3.63, 3.8) is 0 Å². The lowest BCUT2D eigenvalue weighted by atomic mass is 10.3. The Labute approximate surface area is 98.3 Å². The number of thiazole rings is 1.